The molecule has 3 heteroatoms. The summed E-state index contributed by atoms with van der Waals surface area (Å²) in [6.07, 6.45) is 7.92. The molecule has 1 aliphatic rings. The fraction of sp³-hybridized carbons (Fsp3) is 0.471. The van der Waals surface area contributed by atoms with E-state index in [0.29, 0.717) is 0 Å². The molecule has 0 aliphatic heterocycles. The van der Waals surface area contributed by atoms with Crippen LogP contribution in [0.25, 0.3) is 10.9 Å². The topological polar surface area (TPSA) is 50.9 Å². The summed E-state index contributed by atoms with van der Waals surface area (Å²) in [6, 6.07) is 8.59. The van der Waals surface area contributed by atoms with Gasteiger partial charge in [0.15, 0.2) is 0 Å². The number of hydrogen-bond acceptors (Lipinski definition) is 3. The minimum Gasteiger partial charge on any atom is -0.308 e. The number of nitrogens with one attached hydrogen (secondary N) is 1. The molecule has 1 aromatic heterocycles. The predicted octanol–water partition coefficient (Wildman–Crippen LogP) is 3.95. The van der Waals surface area contributed by atoms with Gasteiger partial charge in [0.05, 0.1) is 5.52 Å². The zero-order valence-corrected chi connectivity index (χ0v) is 12.2. The number of nitrogens with two attached hydrogens (primary N) is 1. The standard InChI is InChI=1S/C17H23N3/c1-12-6-5-9-14-11-15(17(20-18)19-16(12)14)10-13-7-3-2-4-8-13/h5-6,9,11,13H,2-4,7-8,10,18H2,1H3,(H,19,20). The largest absolute Gasteiger partial charge is 0.308 e. The van der Waals surface area contributed by atoms with Crippen LogP contribution in [0.5, 0.6) is 0 Å². The summed E-state index contributed by atoms with van der Waals surface area (Å²) in [4.78, 5) is 4.72. The molecule has 0 unspecified atom stereocenters. The highest BCUT2D eigenvalue weighted by atomic mass is 15.2. The van der Waals surface area contributed by atoms with Crippen LogP contribution in [0, 0.1) is 12.8 Å². The Kier molecular flexibility index (Phi) is 3.88. The van der Waals surface area contributed by atoms with Crippen LogP contribution in [-0.2, 0) is 6.42 Å². The number of nitrogen functional groups attached to an aromatic ring is 1. The molecule has 3 N–H and O–H groups in total. The normalized spacial score (nSPS) is 16.5. The summed E-state index contributed by atoms with van der Waals surface area (Å²) in [7, 11) is 0. The molecule has 3 rings (SSSR count). The SMILES string of the molecule is Cc1cccc2cc(CC3CCCCC3)c(NN)nc12. The lowest BCUT2D eigenvalue weighted by Gasteiger charge is -2.22. The van der Waals surface area contributed by atoms with Gasteiger partial charge in [-0.05, 0) is 36.5 Å². The van der Waals surface area contributed by atoms with Crippen molar-refractivity contribution in [2.24, 2.45) is 11.8 Å². The predicted molar refractivity (Wildman–Crippen MR) is 84.6 cm³/mol. The molecule has 1 saturated carbocycles. The van der Waals surface area contributed by atoms with Crippen LogP contribution in [-0.4, -0.2) is 4.98 Å². The van der Waals surface area contributed by atoms with Gasteiger partial charge >= 0.3 is 0 Å². The number of pyridine rings is 1. The molecule has 0 atom stereocenters. The van der Waals surface area contributed by atoms with Crippen molar-refractivity contribution in [1.82, 2.24) is 4.98 Å². The van der Waals surface area contributed by atoms with Crippen LogP contribution >= 0.6 is 0 Å². The lowest BCUT2D eigenvalue weighted by atomic mass is 9.85. The number of aromatic nitrogens is 1. The van der Waals surface area contributed by atoms with Crippen molar-refractivity contribution in [2.45, 2.75) is 45.4 Å². The molecule has 1 heterocycles. The number of hydrazine groups is 1. The Hall–Kier alpha value is -1.61. The van der Waals surface area contributed by atoms with Gasteiger partial charge in [0.1, 0.15) is 5.82 Å². The van der Waals surface area contributed by atoms with Crippen LogP contribution in [0.1, 0.15) is 43.2 Å². The average molecular weight is 269 g/mol. The van der Waals surface area contributed by atoms with Crippen LogP contribution in [0.2, 0.25) is 0 Å². The Morgan fingerprint density at radius 1 is 1.25 bits per heavy atom. The van der Waals surface area contributed by atoms with E-state index in [1.54, 1.807) is 0 Å². The molecule has 3 nitrogen and oxygen atoms in total. The Morgan fingerprint density at radius 3 is 2.80 bits per heavy atom. The first-order valence-electron chi connectivity index (χ1n) is 7.64. The molecule has 0 spiro atoms. The molecule has 0 amide bonds. The number of nitrogens with zero attached hydrogens (tertiary/aromatic N) is 1. The van der Waals surface area contributed by atoms with E-state index >= 15 is 0 Å². The second-order valence-corrected chi connectivity index (χ2v) is 6.00. The zero-order valence-electron chi connectivity index (χ0n) is 12.2. The van der Waals surface area contributed by atoms with Crippen LogP contribution < -0.4 is 11.3 Å². The summed E-state index contributed by atoms with van der Waals surface area (Å²) in [5.74, 6) is 7.32. The average Bonchev–Trinajstić information content (AvgIpc) is 2.48. The van der Waals surface area contributed by atoms with Gasteiger partial charge in [-0.3, -0.25) is 0 Å². The van der Waals surface area contributed by atoms with Gasteiger partial charge in [-0.15, -0.1) is 0 Å². The van der Waals surface area contributed by atoms with Gasteiger partial charge in [0.2, 0.25) is 0 Å². The van der Waals surface area contributed by atoms with E-state index in [9.17, 15) is 0 Å². The third-order valence-corrected chi connectivity index (χ3v) is 4.50. The number of anilines is 1. The molecule has 20 heavy (non-hydrogen) atoms. The third kappa shape index (κ3) is 2.63. The second kappa shape index (κ2) is 5.80. The number of para-hydroxylation sites is 1. The number of hydrogen-bond donors (Lipinski definition) is 2. The van der Waals surface area contributed by atoms with Gasteiger partial charge in [0, 0.05) is 5.39 Å². The molecule has 1 aliphatic carbocycles. The van der Waals surface area contributed by atoms with Crippen LogP contribution in [0.4, 0.5) is 5.82 Å². The van der Waals surface area contributed by atoms with E-state index in [-0.39, 0.29) is 0 Å². The highest BCUT2D eigenvalue weighted by molar-refractivity contribution is 5.84. The first-order chi connectivity index (χ1) is 9.78. The second-order valence-electron chi connectivity index (χ2n) is 6.00. The molecule has 1 aromatic carbocycles. The van der Waals surface area contributed by atoms with Crippen molar-refractivity contribution in [3.05, 3.63) is 35.4 Å². The maximum Gasteiger partial charge on any atom is 0.143 e. The van der Waals surface area contributed by atoms with Crippen LogP contribution in [0.15, 0.2) is 24.3 Å². The number of benzene rings is 1. The summed E-state index contributed by atoms with van der Waals surface area (Å²) in [5, 5.41) is 1.22. The quantitative estimate of drug-likeness (QED) is 0.655. The van der Waals surface area contributed by atoms with E-state index in [1.807, 2.05) is 0 Å². The van der Waals surface area contributed by atoms with Crippen molar-refractivity contribution in [2.75, 3.05) is 5.43 Å². The molecule has 106 valence electrons. The van der Waals surface area contributed by atoms with E-state index < -0.39 is 0 Å². The Balaban J connectivity index is 1.96. The molecule has 2 aromatic rings. The third-order valence-electron chi connectivity index (χ3n) is 4.50. The highest BCUT2D eigenvalue weighted by Gasteiger charge is 2.17. The summed E-state index contributed by atoms with van der Waals surface area (Å²) in [6.45, 7) is 2.09. The summed E-state index contributed by atoms with van der Waals surface area (Å²) >= 11 is 0. The monoisotopic (exact) mass is 269 g/mol. The van der Waals surface area contributed by atoms with Gasteiger partial charge in [-0.25, -0.2) is 10.8 Å². The maximum absolute atomic E-state index is 5.68. The minimum absolute atomic E-state index is 0.792. The van der Waals surface area contributed by atoms with Crippen molar-refractivity contribution in [3.63, 3.8) is 0 Å². The highest BCUT2D eigenvalue weighted by Crippen LogP contribution is 2.30. The van der Waals surface area contributed by atoms with E-state index in [2.05, 4.69) is 36.6 Å². The maximum atomic E-state index is 5.68. The van der Waals surface area contributed by atoms with Gasteiger partial charge in [0.25, 0.3) is 0 Å². The molecule has 0 bridgehead atoms. The Morgan fingerprint density at radius 2 is 2.05 bits per heavy atom. The van der Waals surface area contributed by atoms with Gasteiger partial charge < -0.3 is 5.43 Å². The van der Waals surface area contributed by atoms with Crippen molar-refractivity contribution in [3.8, 4) is 0 Å². The number of rotatable bonds is 3. The minimum atomic E-state index is 0.792. The van der Waals surface area contributed by atoms with E-state index in [1.165, 1.54) is 48.6 Å². The van der Waals surface area contributed by atoms with Crippen molar-refractivity contribution < 1.29 is 0 Å². The lowest BCUT2D eigenvalue weighted by molar-refractivity contribution is 0.357. The molecule has 0 radical (unpaired) electrons. The fourth-order valence-electron chi connectivity index (χ4n) is 3.37. The van der Waals surface area contributed by atoms with Crippen molar-refractivity contribution >= 4 is 16.7 Å². The molecule has 1 fully saturated rings. The van der Waals surface area contributed by atoms with E-state index in [0.717, 1.165) is 23.7 Å². The van der Waals surface area contributed by atoms with E-state index in [4.69, 9.17) is 10.8 Å². The zero-order chi connectivity index (χ0) is 13.9. The van der Waals surface area contributed by atoms with Gasteiger partial charge in [-0.2, -0.15) is 0 Å². The first-order valence-corrected chi connectivity index (χ1v) is 7.64. The van der Waals surface area contributed by atoms with Gasteiger partial charge in [-0.1, -0.05) is 50.3 Å². The molecular weight excluding hydrogens is 246 g/mol. The molecular formula is C17H23N3. The summed E-state index contributed by atoms with van der Waals surface area (Å²) in [5.41, 5.74) is 6.30. The summed E-state index contributed by atoms with van der Waals surface area (Å²) < 4.78 is 0. The fourth-order valence-corrected chi connectivity index (χ4v) is 3.37. The number of fused-ring (bicyclic) bond motifs is 1. The molecule has 0 saturated heterocycles. The Labute approximate surface area is 120 Å². The van der Waals surface area contributed by atoms with Crippen molar-refractivity contribution in [1.29, 1.82) is 0 Å². The number of aryl methyl sites for hydroxylation is 1. The smallest absolute Gasteiger partial charge is 0.143 e. The first kappa shape index (κ1) is 13.4. The lowest BCUT2D eigenvalue weighted by Crippen LogP contribution is -2.15. The van der Waals surface area contributed by atoms with Crippen LogP contribution in [0.3, 0.4) is 0 Å². The Bertz CT molecular complexity index is 600.